The van der Waals surface area contributed by atoms with Crippen molar-refractivity contribution in [3.63, 3.8) is 0 Å². The number of carboxylic acid groups (broad SMARTS) is 1. The number of benzene rings is 2. The molecule has 0 bridgehead atoms. The van der Waals surface area contributed by atoms with Crippen molar-refractivity contribution in [3.8, 4) is 0 Å². The van der Waals surface area contributed by atoms with Crippen LogP contribution in [-0.2, 0) is 9.53 Å². The van der Waals surface area contributed by atoms with Crippen LogP contribution in [0, 0.1) is 5.82 Å². The van der Waals surface area contributed by atoms with E-state index in [0.717, 1.165) is 6.07 Å². The van der Waals surface area contributed by atoms with E-state index in [0.29, 0.717) is 10.6 Å². The van der Waals surface area contributed by atoms with Crippen molar-refractivity contribution in [2.24, 2.45) is 0 Å². The van der Waals surface area contributed by atoms with Crippen molar-refractivity contribution in [3.05, 3.63) is 70.0 Å². The molecule has 0 radical (unpaired) electrons. The molecular weight excluding hydrogens is 349 g/mol. The van der Waals surface area contributed by atoms with E-state index in [4.69, 9.17) is 21.4 Å². The number of hydrogen-bond acceptors (Lipinski definition) is 3. The second-order valence-electron chi connectivity index (χ2n) is 5.33. The van der Waals surface area contributed by atoms with Gasteiger partial charge in [0.2, 0.25) is 5.91 Å². The van der Waals surface area contributed by atoms with Gasteiger partial charge in [0.05, 0.1) is 12.2 Å². The molecule has 0 saturated carbocycles. The number of halogens is 2. The van der Waals surface area contributed by atoms with Gasteiger partial charge in [-0.05, 0) is 35.9 Å². The van der Waals surface area contributed by atoms with E-state index >= 15 is 0 Å². The Hall–Kier alpha value is -2.44. The molecule has 2 aromatic carbocycles. The molecule has 7 heteroatoms. The van der Waals surface area contributed by atoms with Crippen LogP contribution < -0.4 is 5.32 Å². The highest BCUT2D eigenvalue weighted by Crippen LogP contribution is 2.30. The molecule has 1 atom stereocenters. The standard InChI is InChI=1S/C18H17ClFNO4/c1-11(22)21-7-8-25-17(12-3-2-4-14(19)9-12)15-10-13(18(23)24)5-6-16(15)20/h2-6,9-10,17H,7-8H2,1H3,(H,21,22)(H,23,24). The fraction of sp³-hybridized carbons (Fsp3) is 0.222. The van der Waals surface area contributed by atoms with E-state index in [9.17, 15) is 14.0 Å². The Labute approximate surface area is 149 Å². The second-order valence-corrected chi connectivity index (χ2v) is 5.77. The maximum atomic E-state index is 14.3. The van der Waals surface area contributed by atoms with Crippen LogP contribution in [0.2, 0.25) is 5.02 Å². The molecule has 132 valence electrons. The molecule has 1 unspecified atom stereocenters. The van der Waals surface area contributed by atoms with Gasteiger partial charge in [-0.2, -0.15) is 0 Å². The monoisotopic (exact) mass is 365 g/mol. The van der Waals surface area contributed by atoms with E-state index in [2.05, 4.69) is 5.32 Å². The molecule has 0 aliphatic rings. The SMILES string of the molecule is CC(=O)NCCOC(c1cccc(Cl)c1)c1cc(C(=O)O)ccc1F. The second kappa shape index (κ2) is 8.60. The van der Waals surface area contributed by atoms with Crippen molar-refractivity contribution in [1.82, 2.24) is 5.32 Å². The summed E-state index contributed by atoms with van der Waals surface area (Å²) in [7, 11) is 0. The van der Waals surface area contributed by atoms with Crippen LogP contribution in [0.15, 0.2) is 42.5 Å². The fourth-order valence-electron chi connectivity index (χ4n) is 2.32. The lowest BCUT2D eigenvalue weighted by Gasteiger charge is -2.20. The van der Waals surface area contributed by atoms with Gasteiger partial charge < -0.3 is 15.2 Å². The highest BCUT2D eigenvalue weighted by molar-refractivity contribution is 6.30. The normalized spacial score (nSPS) is 11.8. The zero-order valence-corrected chi connectivity index (χ0v) is 14.2. The summed E-state index contributed by atoms with van der Waals surface area (Å²) in [6, 6.07) is 10.2. The van der Waals surface area contributed by atoms with Gasteiger partial charge in [-0.15, -0.1) is 0 Å². The number of hydrogen-bond donors (Lipinski definition) is 2. The van der Waals surface area contributed by atoms with Crippen LogP contribution in [0.25, 0.3) is 0 Å². The third kappa shape index (κ3) is 5.27. The summed E-state index contributed by atoms with van der Waals surface area (Å²) in [5, 5.41) is 12.2. The molecule has 0 aromatic heterocycles. The lowest BCUT2D eigenvalue weighted by atomic mass is 9.99. The van der Waals surface area contributed by atoms with E-state index < -0.39 is 17.9 Å². The van der Waals surface area contributed by atoms with Gasteiger partial charge >= 0.3 is 5.97 Å². The molecule has 2 aromatic rings. The van der Waals surface area contributed by atoms with Gasteiger partial charge in [0.25, 0.3) is 0 Å². The lowest BCUT2D eigenvalue weighted by molar-refractivity contribution is -0.119. The molecule has 0 heterocycles. The molecule has 25 heavy (non-hydrogen) atoms. The minimum Gasteiger partial charge on any atom is -0.478 e. The first-order chi connectivity index (χ1) is 11.9. The van der Waals surface area contributed by atoms with Crippen molar-refractivity contribution in [2.45, 2.75) is 13.0 Å². The summed E-state index contributed by atoms with van der Waals surface area (Å²) >= 11 is 6.00. The minimum absolute atomic E-state index is 0.0473. The zero-order valence-electron chi connectivity index (χ0n) is 13.5. The predicted octanol–water partition coefficient (Wildman–Crippen LogP) is 3.42. The number of carbonyl (C=O) groups is 2. The Morgan fingerprint density at radius 3 is 2.68 bits per heavy atom. The molecule has 5 nitrogen and oxygen atoms in total. The molecule has 2 N–H and O–H groups in total. The molecule has 2 rings (SSSR count). The number of aromatic carboxylic acids is 1. The molecule has 0 fully saturated rings. The number of amides is 1. The largest absolute Gasteiger partial charge is 0.478 e. The summed E-state index contributed by atoms with van der Waals surface area (Å²) in [6.45, 7) is 1.74. The smallest absolute Gasteiger partial charge is 0.335 e. The van der Waals surface area contributed by atoms with E-state index in [1.54, 1.807) is 24.3 Å². The molecule has 0 saturated heterocycles. The Morgan fingerprint density at radius 1 is 1.28 bits per heavy atom. The van der Waals surface area contributed by atoms with Gasteiger partial charge in [0.1, 0.15) is 11.9 Å². The lowest BCUT2D eigenvalue weighted by Crippen LogP contribution is -2.25. The van der Waals surface area contributed by atoms with Crippen molar-refractivity contribution < 1.29 is 23.8 Å². The van der Waals surface area contributed by atoms with E-state index in [1.807, 2.05) is 0 Å². The van der Waals surface area contributed by atoms with Crippen LogP contribution in [0.4, 0.5) is 4.39 Å². The first kappa shape index (κ1) is 18.9. The third-order valence-corrected chi connectivity index (χ3v) is 3.67. The van der Waals surface area contributed by atoms with E-state index in [1.165, 1.54) is 19.1 Å². The summed E-state index contributed by atoms with van der Waals surface area (Å²) < 4.78 is 20.1. The van der Waals surface area contributed by atoms with Crippen LogP contribution in [0.3, 0.4) is 0 Å². The summed E-state index contributed by atoms with van der Waals surface area (Å²) in [6.07, 6.45) is -0.855. The Kier molecular flexibility index (Phi) is 6.50. The summed E-state index contributed by atoms with van der Waals surface area (Å²) in [5.74, 6) is -1.96. The van der Waals surface area contributed by atoms with Crippen molar-refractivity contribution in [2.75, 3.05) is 13.2 Å². The minimum atomic E-state index is -1.16. The summed E-state index contributed by atoms with van der Waals surface area (Å²) in [4.78, 5) is 22.1. The molecule has 0 spiro atoms. The zero-order chi connectivity index (χ0) is 18.4. The number of carbonyl (C=O) groups excluding carboxylic acids is 1. The van der Waals surface area contributed by atoms with Crippen molar-refractivity contribution in [1.29, 1.82) is 0 Å². The van der Waals surface area contributed by atoms with Crippen LogP contribution >= 0.6 is 11.6 Å². The molecule has 1 amide bonds. The number of nitrogens with one attached hydrogen (secondary N) is 1. The predicted molar refractivity (Wildman–Crippen MR) is 91.3 cm³/mol. The first-order valence-electron chi connectivity index (χ1n) is 7.52. The third-order valence-electron chi connectivity index (χ3n) is 3.44. The van der Waals surface area contributed by atoms with Crippen LogP contribution in [-0.4, -0.2) is 30.1 Å². The molecule has 0 aliphatic carbocycles. The van der Waals surface area contributed by atoms with Gasteiger partial charge in [0.15, 0.2) is 0 Å². The number of ether oxygens (including phenoxy) is 1. The number of carboxylic acids is 1. The topological polar surface area (TPSA) is 75.6 Å². The van der Waals surface area contributed by atoms with Crippen LogP contribution in [0.1, 0.15) is 34.5 Å². The molecule has 0 aliphatic heterocycles. The Balaban J connectivity index is 2.35. The maximum absolute atomic E-state index is 14.3. The number of rotatable bonds is 7. The van der Waals surface area contributed by atoms with Gasteiger partial charge in [-0.1, -0.05) is 23.7 Å². The Bertz CT molecular complexity index is 781. The Morgan fingerprint density at radius 2 is 2.04 bits per heavy atom. The fourth-order valence-corrected chi connectivity index (χ4v) is 2.52. The van der Waals surface area contributed by atoms with E-state index in [-0.39, 0.29) is 30.2 Å². The first-order valence-corrected chi connectivity index (χ1v) is 7.90. The average molecular weight is 366 g/mol. The maximum Gasteiger partial charge on any atom is 0.335 e. The molecular formula is C18H17ClFNO4. The van der Waals surface area contributed by atoms with Gasteiger partial charge in [-0.25, -0.2) is 9.18 Å². The average Bonchev–Trinajstić information content (AvgIpc) is 2.55. The van der Waals surface area contributed by atoms with Crippen LogP contribution in [0.5, 0.6) is 0 Å². The highest BCUT2D eigenvalue weighted by atomic mass is 35.5. The highest BCUT2D eigenvalue weighted by Gasteiger charge is 2.21. The van der Waals surface area contributed by atoms with Gasteiger partial charge in [-0.3, -0.25) is 4.79 Å². The quantitative estimate of drug-likeness (QED) is 0.737. The van der Waals surface area contributed by atoms with Gasteiger partial charge in [0, 0.05) is 24.1 Å². The van der Waals surface area contributed by atoms with Crippen molar-refractivity contribution >= 4 is 23.5 Å². The summed E-state index contributed by atoms with van der Waals surface area (Å²) in [5.41, 5.74) is 0.621.